The quantitative estimate of drug-likeness (QED) is 0.792. The fourth-order valence-corrected chi connectivity index (χ4v) is 2.01. The van der Waals surface area contributed by atoms with E-state index in [1.165, 1.54) is 0 Å². The maximum atomic E-state index is 14.2. The van der Waals surface area contributed by atoms with Crippen LogP contribution >= 0.6 is 0 Å². The number of benzene rings is 1. The van der Waals surface area contributed by atoms with Crippen LogP contribution in [0.3, 0.4) is 0 Å². The summed E-state index contributed by atoms with van der Waals surface area (Å²) in [5, 5.41) is 0. The largest absolute Gasteiger partial charge is 0.369 e. The second-order valence-corrected chi connectivity index (χ2v) is 4.34. The lowest BCUT2D eigenvalue weighted by Crippen LogP contribution is -2.43. The van der Waals surface area contributed by atoms with Gasteiger partial charge in [-0.1, -0.05) is 29.8 Å². The first-order valence-corrected chi connectivity index (χ1v) is 5.07. The SMILES string of the molecule is Cc1ccc(C2(F)CC(C(N)=O)C2)cc1. The van der Waals surface area contributed by atoms with E-state index < -0.39 is 11.6 Å². The molecule has 2 rings (SSSR count). The topological polar surface area (TPSA) is 43.1 Å². The van der Waals surface area contributed by atoms with E-state index >= 15 is 0 Å². The summed E-state index contributed by atoms with van der Waals surface area (Å²) >= 11 is 0. The lowest BCUT2D eigenvalue weighted by molar-refractivity contribution is -0.131. The van der Waals surface area contributed by atoms with E-state index in [4.69, 9.17) is 5.73 Å². The average Bonchev–Trinajstić information content (AvgIpc) is 2.13. The van der Waals surface area contributed by atoms with Crippen LogP contribution in [0.2, 0.25) is 0 Å². The van der Waals surface area contributed by atoms with Crippen LogP contribution in [0.5, 0.6) is 0 Å². The van der Waals surface area contributed by atoms with E-state index in [0.29, 0.717) is 5.56 Å². The summed E-state index contributed by atoms with van der Waals surface area (Å²) in [6.07, 6.45) is 0.455. The Morgan fingerprint density at radius 1 is 1.40 bits per heavy atom. The van der Waals surface area contributed by atoms with Crippen molar-refractivity contribution in [3.8, 4) is 0 Å². The molecule has 1 aliphatic rings. The maximum absolute atomic E-state index is 14.2. The number of carbonyl (C=O) groups excluding carboxylic acids is 1. The lowest BCUT2D eigenvalue weighted by atomic mass is 9.68. The van der Waals surface area contributed by atoms with Crippen LogP contribution in [0.4, 0.5) is 4.39 Å². The third kappa shape index (κ3) is 1.74. The molecule has 0 spiro atoms. The van der Waals surface area contributed by atoms with E-state index in [-0.39, 0.29) is 18.8 Å². The Hall–Kier alpha value is -1.38. The van der Waals surface area contributed by atoms with Gasteiger partial charge >= 0.3 is 0 Å². The molecule has 0 bridgehead atoms. The fourth-order valence-electron chi connectivity index (χ4n) is 2.01. The van der Waals surface area contributed by atoms with Crippen molar-refractivity contribution in [3.63, 3.8) is 0 Å². The number of carbonyl (C=O) groups is 1. The summed E-state index contributed by atoms with van der Waals surface area (Å²) in [7, 11) is 0. The van der Waals surface area contributed by atoms with Crippen LogP contribution in [0.1, 0.15) is 24.0 Å². The summed E-state index contributed by atoms with van der Waals surface area (Å²) in [5.74, 6) is -0.688. The highest BCUT2D eigenvalue weighted by molar-refractivity contribution is 5.78. The zero-order valence-electron chi connectivity index (χ0n) is 8.66. The lowest BCUT2D eigenvalue weighted by Gasteiger charge is -2.40. The van der Waals surface area contributed by atoms with Crippen molar-refractivity contribution in [1.29, 1.82) is 0 Å². The molecule has 1 fully saturated rings. The van der Waals surface area contributed by atoms with Crippen molar-refractivity contribution in [2.24, 2.45) is 11.7 Å². The van der Waals surface area contributed by atoms with Crippen molar-refractivity contribution >= 4 is 5.91 Å². The summed E-state index contributed by atoms with van der Waals surface area (Å²) < 4.78 is 14.2. The molecule has 0 aromatic heterocycles. The minimum Gasteiger partial charge on any atom is -0.369 e. The van der Waals surface area contributed by atoms with Gasteiger partial charge in [-0.3, -0.25) is 4.79 Å². The Morgan fingerprint density at radius 2 is 1.93 bits per heavy atom. The molecule has 0 atom stereocenters. The Labute approximate surface area is 88.3 Å². The molecule has 0 saturated heterocycles. The minimum atomic E-state index is -1.34. The number of hydrogen-bond acceptors (Lipinski definition) is 1. The number of alkyl halides is 1. The van der Waals surface area contributed by atoms with E-state index in [0.717, 1.165) is 5.56 Å². The van der Waals surface area contributed by atoms with Gasteiger partial charge in [0.25, 0.3) is 0 Å². The van der Waals surface area contributed by atoms with Crippen molar-refractivity contribution in [2.45, 2.75) is 25.4 Å². The van der Waals surface area contributed by atoms with Crippen molar-refractivity contribution < 1.29 is 9.18 Å². The average molecular weight is 207 g/mol. The van der Waals surface area contributed by atoms with Crippen LogP contribution in [-0.4, -0.2) is 5.91 Å². The maximum Gasteiger partial charge on any atom is 0.220 e. The zero-order chi connectivity index (χ0) is 11.1. The van der Waals surface area contributed by atoms with Gasteiger partial charge in [-0.25, -0.2) is 4.39 Å². The summed E-state index contributed by atoms with van der Waals surface area (Å²) in [5.41, 5.74) is 5.54. The molecule has 2 N–H and O–H groups in total. The molecular weight excluding hydrogens is 193 g/mol. The molecule has 0 radical (unpaired) electrons. The van der Waals surface area contributed by atoms with Gasteiger partial charge in [0.1, 0.15) is 5.67 Å². The van der Waals surface area contributed by atoms with Gasteiger partial charge in [0, 0.05) is 5.92 Å². The van der Waals surface area contributed by atoms with Crippen molar-refractivity contribution in [3.05, 3.63) is 35.4 Å². The molecule has 3 heteroatoms. The number of primary amides is 1. The Kier molecular flexibility index (Phi) is 2.25. The van der Waals surface area contributed by atoms with Crippen LogP contribution in [0.15, 0.2) is 24.3 Å². The summed E-state index contributed by atoms with van der Waals surface area (Å²) in [4.78, 5) is 10.8. The van der Waals surface area contributed by atoms with Crippen molar-refractivity contribution in [2.75, 3.05) is 0 Å². The van der Waals surface area contributed by atoms with E-state index in [9.17, 15) is 9.18 Å². The molecule has 1 aliphatic carbocycles. The number of halogens is 1. The molecule has 2 nitrogen and oxygen atoms in total. The highest BCUT2D eigenvalue weighted by atomic mass is 19.1. The second-order valence-electron chi connectivity index (χ2n) is 4.34. The van der Waals surface area contributed by atoms with E-state index in [2.05, 4.69) is 0 Å². The molecule has 0 heterocycles. The molecule has 0 aliphatic heterocycles. The monoisotopic (exact) mass is 207 g/mol. The van der Waals surface area contributed by atoms with E-state index in [1.807, 2.05) is 19.1 Å². The Morgan fingerprint density at radius 3 is 2.40 bits per heavy atom. The van der Waals surface area contributed by atoms with E-state index in [1.54, 1.807) is 12.1 Å². The highest BCUT2D eigenvalue weighted by Crippen LogP contribution is 2.48. The molecule has 1 aromatic rings. The number of rotatable bonds is 2. The number of aryl methyl sites for hydroxylation is 1. The standard InChI is InChI=1S/C12H14FNO/c1-8-2-4-10(5-3-8)12(13)6-9(7-12)11(14)15/h2-5,9H,6-7H2,1H3,(H2,14,15). The molecule has 0 unspecified atom stereocenters. The molecular formula is C12H14FNO. The smallest absolute Gasteiger partial charge is 0.220 e. The summed E-state index contributed by atoms with van der Waals surface area (Å²) in [6, 6.07) is 7.33. The minimum absolute atomic E-state index is 0.228. The molecule has 1 saturated carbocycles. The fraction of sp³-hybridized carbons (Fsp3) is 0.417. The summed E-state index contributed by atoms with van der Waals surface area (Å²) in [6.45, 7) is 1.96. The third-order valence-electron chi connectivity index (χ3n) is 3.11. The second kappa shape index (κ2) is 3.33. The van der Waals surface area contributed by atoms with Gasteiger partial charge < -0.3 is 5.73 Å². The van der Waals surface area contributed by atoms with Gasteiger partial charge in [0.2, 0.25) is 5.91 Å². The third-order valence-corrected chi connectivity index (χ3v) is 3.11. The molecule has 1 amide bonds. The van der Waals surface area contributed by atoms with Crippen molar-refractivity contribution in [1.82, 2.24) is 0 Å². The zero-order valence-corrected chi connectivity index (χ0v) is 8.66. The highest BCUT2D eigenvalue weighted by Gasteiger charge is 2.48. The Bertz CT molecular complexity index is 379. The number of hydrogen-bond donors (Lipinski definition) is 1. The molecule has 80 valence electrons. The first-order valence-electron chi connectivity index (χ1n) is 5.07. The van der Waals surface area contributed by atoms with Gasteiger partial charge in [-0.05, 0) is 25.3 Å². The van der Waals surface area contributed by atoms with Crippen LogP contribution < -0.4 is 5.73 Å². The molecule has 15 heavy (non-hydrogen) atoms. The van der Waals surface area contributed by atoms with Gasteiger partial charge in [-0.2, -0.15) is 0 Å². The first kappa shape index (κ1) is 10.1. The van der Waals surface area contributed by atoms with Crippen LogP contribution in [-0.2, 0) is 10.5 Å². The predicted molar refractivity (Wildman–Crippen MR) is 55.9 cm³/mol. The van der Waals surface area contributed by atoms with Crippen LogP contribution in [0.25, 0.3) is 0 Å². The van der Waals surface area contributed by atoms with Gasteiger partial charge in [-0.15, -0.1) is 0 Å². The predicted octanol–water partition coefficient (Wildman–Crippen LogP) is 2.06. The van der Waals surface area contributed by atoms with Gasteiger partial charge in [0.15, 0.2) is 0 Å². The Balaban J connectivity index is 2.13. The van der Waals surface area contributed by atoms with Gasteiger partial charge in [0.05, 0.1) is 0 Å². The first-order chi connectivity index (χ1) is 7.01. The van der Waals surface area contributed by atoms with Crippen LogP contribution in [0, 0.1) is 12.8 Å². The normalized spacial score (nSPS) is 29.6. The number of amides is 1. The molecule has 1 aromatic carbocycles. The number of nitrogens with two attached hydrogens (primary N) is 1.